The third-order valence-electron chi connectivity index (χ3n) is 3.08. The van der Waals surface area contributed by atoms with Gasteiger partial charge in [-0.05, 0) is 17.4 Å². The number of hydrogen-bond acceptors (Lipinski definition) is 3. The smallest absolute Gasteiger partial charge is 0.214 e. The summed E-state index contributed by atoms with van der Waals surface area (Å²) in [6.07, 6.45) is 0.644. The first-order valence-electron chi connectivity index (χ1n) is 6.96. The van der Waals surface area contributed by atoms with E-state index in [0.717, 1.165) is 5.56 Å². The lowest BCUT2D eigenvalue weighted by Crippen LogP contribution is -2.37. The Kier molecular flexibility index (Phi) is 6.17. The summed E-state index contributed by atoms with van der Waals surface area (Å²) in [4.78, 5) is 0. The van der Waals surface area contributed by atoms with E-state index in [1.807, 2.05) is 51.1 Å². The van der Waals surface area contributed by atoms with Gasteiger partial charge in [-0.3, -0.25) is 0 Å². The van der Waals surface area contributed by atoms with Crippen LogP contribution < -0.4 is 5.73 Å². The zero-order valence-corrected chi connectivity index (χ0v) is 13.5. The molecular formula is C15H26N2O2S. The maximum Gasteiger partial charge on any atom is 0.214 e. The molecule has 0 bridgehead atoms. The summed E-state index contributed by atoms with van der Waals surface area (Å²) in [5.74, 6) is 0.170. The minimum Gasteiger partial charge on any atom is -0.329 e. The first kappa shape index (κ1) is 17.1. The van der Waals surface area contributed by atoms with Crippen molar-refractivity contribution in [2.75, 3.05) is 18.8 Å². The molecule has 0 saturated carbocycles. The summed E-state index contributed by atoms with van der Waals surface area (Å²) in [6.45, 7) is 7.24. The second kappa shape index (κ2) is 7.20. The molecule has 1 aromatic rings. The lowest BCUT2D eigenvalue weighted by atomic mass is 9.94. The molecule has 0 heterocycles. The highest BCUT2D eigenvalue weighted by atomic mass is 32.2. The molecular weight excluding hydrogens is 272 g/mol. The van der Waals surface area contributed by atoms with Gasteiger partial charge in [0.15, 0.2) is 0 Å². The Morgan fingerprint density at radius 2 is 1.75 bits per heavy atom. The fraction of sp³-hybridized carbons (Fsp3) is 0.600. The number of rotatable bonds is 7. The molecule has 1 rings (SSSR count). The molecule has 0 unspecified atom stereocenters. The average Bonchev–Trinajstić information content (AvgIpc) is 2.37. The largest absolute Gasteiger partial charge is 0.329 e. The third kappa shape index (κ3) is 6.03. The predicted molar refractivity (Wildman–Crippen MR) is 83.8 cm³/mol. The van der Waals surface area contributed by atoms with Gasteiger partial charge in [-0.1, -0.05) is 51.1 Å². The van der Waals surface area contributed by atoms with E-state index in [9.17, 15) is 8.42 Å². The van der Waals surface area contributed by atoms with Crippen molar-refractivity contribution in [3.63, 3.8) is 0 Å². The highest BCUT2D eigenvalue weighted by molar-refractivity contribution is 7.89. The van der Waals surface area contributed by atoms with E-state index in [1.165, 1.54) is 4.31 Å². The normalized spacial score (nSPS) is 12.8. The maximum absolute atomic E-state index is 12.4. The standard InChI is InChI=1S/C15H26N2O2S/c1-15(2,3)9-12-20(18,19)17(11-10-16)13-14-7-5-4-6-8-14/h4-8H,9-13,16H2,1-3H3. The van der Waals surface area contributed by atoms with E-state index in [0.29, 0.717) is 26.1 Å². The fourth-order valence-electron chi connectivity index (χ4n) is 1.81. The van der Waals surface area contributed by atoms with Crippen molar-refractivity contribution >= 4 is 10.0 Å². The van der Waals surface area contributed by atoms with Crippen LogP contribution in [0, 0.1) is 5.41 Å². The molecule has 114 valence electrons. The van der Waals surface area contributed by atoms with E-state index in [1.54, 1.807) is 0 Å². The van der Waals surface area contributed by atoms with Gasteiger partial charge in [0.05, 0.1) is 5.75 Å². The van der Waals surface area contributed by atoms with Gasteiger partial charge in [0.1, 0.15) is 0 Å². The van der Waals surface area contributed by atoms with Crippen LogP contribution in [0.4, 0.5) is 0 Å². The molecule has 0 aliphatic rings. The molecule has 0 saturated heterocycles. The van der Waals surface area contributed by atoms with Crippen molar-refractivity contribution in [2.45, 2.75) is 33.7 Å². The number of benzene rings is 1. The second-order valence-corrected chi connectivity index (χ2v) is 8.32. The van der Waals surface area contributed by atoms with E-state index in [-0.39, 0.29) is 11.2 Å². The van der Waals surface area contributed by atoms with E-state index >= 15 is 0 Å². The van der Waals surface area contributed by atoms with Gasteiger partial charge >= 0.3 is 0 Å². The molecule has 20 heavy (non-hydrogen) atoms. The lowest BCUT2D eigenvalue weighted by Gasteiger charge is -2.24. The van der Waals surface area contributed by atoms with Gasteiger partial charge in [-0.25, -0.2) is 8.42 Å². The number of hydrogen-bond donors (Lipinski definition) is 1. The quantitative estimate of drug-likeness (QED) is 0.839. The van der Waals surface area contributed by atoms with Crippen LogP contribution in [0.25, 0.3) is 0 Å². The van der Waals surface area contributed by atoms with Crippen LogP contribution in [-0.4, -0.2) is 31.6 Å². The first-order chi connectivity index (χ1) is 9.24. The summed E-state index contributed by atoms with van der Waals surface area (Å²) >= 11 is 0. The van der Waals surface area contributed by atoms with Gasteiger partial charge < -0.3 is 5.73 Å². The molecule has 0 atom stereocenters. The Balaban J connectivity index is 2.78. The van der Waals surface area contributed by atoms with E-state index in [4.69, 9.17) is 5.73 Å². The van der Waals surface area contributed by atoms with Crippen molar-refractivity contribution in [3.8, 4) is 0 Å². The number of sulfonamides is 1. The van der Waals surface area contributed by atoms with Crippen LogP contribution in [-0.2, 0) is 16.6 Å². The minimum atomic E-state index is -3.26. The average molecular weight is 298 g/mol. The topological polar surface area (TPSA) is 63.4 Å². The molecule has 0 fully saturated rings. The summed E-state index contributed by atoms with van der Waals surface area (Å²) in [6, 6.07) is 9.62. The molecule has 0 aliphatic carbocycles. The number of nitrogens with two attached hydrogens (primary N) is 1. The zero-order chi connectivity index (χ0) is 15.2. The van der Waals surface area contributed by atoms with Crippen molar-refractivity contribution in [1.82, 2.24) is 4.31 Å². The van der Waals surface area contributed by atoms with Crippen molar-refractivity contribution in [1.29, 1.82) is 0 Å². The Bertz CT molecular complexity index is 492. The predicted octanol–water partition coefficient (Wildman–Crippen LogP) is 2.21. The highest BCUT2D eigenvalue weighted by Gasteiger charge is 2.24. The van der Waals surface area contributed by atoms with Crippen LogP contribution in [0.1, 0.15) is 32.8 Å². The van der Waals surface area contributed by atoms with Crippen molar-refractivity contribution in [3.05, 3.63) is 35.9 Å². The van der Waals surface area contributed by atoms with Crippen molar-refractivity contribution in [2.24, 2.45) is 11.1 Å². The van der Waals surface area contributed by atoms with Gasteiger partial charge in [0.25, 0.3) is 0 Å². The SMILES string of the molecule is CC(C)(C)CCS(=O)(=O)N(CCN)Cc1ccccc1. The molecule has 5 heteroatoms. The first-order valence-corrected chi connectivity index (χ1v) is 8.57. The van der Waals surface area contributed by atoms with Crippen LogP contribution in [0.2, 0.25) is 0 Å². The van der Waals surface area contributed by atoms with Crippen LogP contribution in [0.3, 0.4) is 0 Å². The lowest BCUT2D eigenvalue weighted by molar-refractivity contribution is 0.378. The highest BCUT2D eigenvalue weighted by Crippen LogP contribution is 2.21. The fourth-order valence-corrected chi connectivity index (χ4v) is 3.67. The van der Waals surface area contributed by atoms with Gasteiger partial charge in [-0.2, -0.15) is 4.31 Å². The Labute approximate surface area is 123 Å². The Hall–Kier alpha value is -0.910. The maximum atomic E-state index is 12.4. The summed E-state index contributed by atoms with van der Waals surface area (Å²) in [7, 11) is -3.26. The van der Waals surface area contributed by atoms with Gasteiger partial charge in [0, 0.05) is 19.6 Å². The third-order valence-corrected chi connectivity index (χ3v) is 4.90. The molecule has 1 aromatic carbocycles. The van der Waals surface area contributed by atoms with Crippen LogP contribution >= 0.6 is 0 Å². The van der Waals surface area contributed by atoms with Gasteiger partial charge in [0.2, 0.25) is 10.0 Å². The summed E-state index contributed by atoms with van der Waals surface area (Å²) in [5.41, 5.74) is 6.55. The summed E-state index contributed by atoms with van der Waals surface area (Å²) < 4.78 is 26.4. The Morgan fingerprint density at radius 3 is 2.25 bits per heavy atom. The van der Waals surface area contributed by atoms with Crippen LogP contribution in [0.5, 0.6) is 0 Å². The number of nitrogens with zero attached hydrogens (tertiary/aromatic N) is 1. The van der Waals surface area contributed by atoms with Crippen molar-refractivity contribution < 1.29 is 8.42 Å². The van der Waals surface area contributed by atoms with E-state index < -0.39 is 10.0 Å². The molecule has 2 N–H and O–H groups in total. The van der Waals surface area contributed by atoms with Gasteiger partial charge in [-0.15, -0.1) is 0 Å². The molecule has 0 spiro atoms. The zero-order valence-electron chi connectivity index (χ0n) is 12.7. The summed E-state index contributed by atoms with van der Waals surface area (Å²) in [5, 5.41) is 0. The molecule has 0 aliphatic heterocycles. The molecule has 0 aromatic heterocycles. The molecule has 0 amide bonds. The minimum absolute atomic E-state index is 0.00814. The molecule has 4 nitrogen and oxygen atoms in total. The Morgan fingerprint density at radius 1 is 1.15 bits per heavy atom. The monoisotopic (exact) mass is 298 g/mol. The second-order valence-electron chi connectivity index (χ2n) is 6.23. The van der Waals surface area contributed by atoms with Crippen LogP contribution in [0.15, 0.2) is 30.3 Å². The molecule has 0 radical (unpaired) electrons. The van der Waals surface area contributed by atoms with E-state index in [2.05, 4.69) is 0 Å².